The third-order valence-corrected chi connectivity index (χ3v) is 10.3. The van der Waals surface area contributed by atoms with Crippen LogP contribution in [0.4, 0.5) is 0 Å². The maximum absolute atomic E-state index is 2.41. The first-order valence-electron chi connectivity index (χ1n) is 3.87. The summed E-state index contributed by atoms with van der Waals surface area (Å²) in [6.07, 6.45) is 3.60. The maximum Gasteiger partial charge on any atom is 0.0989 e. The van der Waals surface area contributed by atoms with E-state index >= 15 is 0 Å². The average Bonchev–Trinajstić information content (AvgIpc) is 2.02. The molecule has 2 heterocycles. The van der Waals surface area contributed by atoms with Crippen LogP contribution in [-0.2, 0) is 0 Å². The fourth-order valence-corrected chi connectivity index (χ4v) is 12.3. The largest absolute Gasteiger partial charge is 0.140 e. The lowest BCUT2D eigenvalue weighted by Gasteiger charge is -2.43. The molecule has 0 aromatic carbocycles. The minimum atomic E-state index is 0.523. The number of hydrogen-bond acceptors (Lipinski definition) is 5. The Balaban J connectivity index is 2.05. The van der Waals surface area contributed by atoms with Crippen LogP contribution in [0.15, 0.2) is 0 Å². The Morgan fingerprint density at radius 1 is 1.42 bits per heavy atom. The summed E-state index contributed by atoms with van der Waals surface area (Å²) >= 11 is 10.6. The zero-order chi connectivity index (χ0) is 8.60. The van der Waals surface area contributed by atoms with Crippen molar-refractivity contribution in [1.29, 1.82) is 0 Å². The van der Waals surface area contributed by atoms with Crippen LogP contribution in [0.2, 0.25) is 0 Å². The van der Waals surface area contributed by atoms with Crippen LogP contribution in [0.3, 0.4) is 0 Å². The smallest absolute Gasteiger partial charge is 0.0989 e. The molecule has 0 saturated carbocycles. The van der Waals surface area contributed by atoms with Crippen molar-refractivity contribution in [3.63, 3.8) is 0 Å². The quantitative estimate of drug-likeness (QED) is 0.694. The standard InChI is InChI=1S/C7H12S5/c1-7-3-4-9-6(12-7)10-5(8-2)11-7/h5-6H,3-4H2,1-2H3/t5?,6-,7+/m1/s1. The van der Waals surface area contributed by atoms with Crippen molar-refractivity contribution in [1.82, 2.24) is 0 Å². The van der Waals surface area contributed by atoms with Crippen molar-refractivity contribution in [3.05, 3.63) is 0 Å². The molecule has 0 aromatic heterocycles. The van der Waals surface area contributed by atoms with E-state index in [2.05, 4.69) is 60.2 Å². The number of hydrogen-bond donors (Lipinski definition) is 0. The predicted molar refractivity (Wildman–Crippen MR) is 69.3 cm³/mol. The molecular weight excluding hydrogens is 244 g/mol. The summed E-state index contributed by atoms with van der Waals surface area (Å²) in [5.41, 5.74) is 0. The monoisotopic (exact) mass is 256 g/mol. The molecule has 2 saturated heterocycles. The summed E-state index contributed by atoms with van der Waals surface area (Å²) < 4.78 is 2.10. The van der Waals surface area contributed by atoms with Gasteiger partial charge in [-0.15, -0.1) is 58.8 Å². The summed E-state index contributed by atoms with van der Waals surface area (Å²) in [5.74, 6) is 1.36. The molecule has 0 nitrogen and oxygen atoms in total. The molecule has 2 aliphatic heterocycles. The van der Waals surface area contributed by atoms with Crippen LogP contribution in [0.25, 0.3) is 0 Å². The van der Waals surface area contributed by atoms with E-state index in [4.69, 9.17) is 0 Å². The van der Waals surface area contributed by atoms with Crippen molar-refractivity contribution in [3.8, 4) is 0 Å². The van der Waals surface area contributed by atoms with Crippen molar-refractivity contribution in [2.75, 3.05) is 12.0 Å². The maximum atomic E-state index is 2.41. The number of rotatable bonds is 1. The lowest BCUT2D eigenvalue weighted by Crippen LogP contribution is -2.30. The van der Waals surface area contributed by atoms with E-state index in [0.717, 1.165) is 7.83 Å². The lowest BCUT2D eigenvalue weighted by molar-refractivity contribution is 0.850. The topological polar surface area (TPSA) is 0 Å². The molecule has 2 bridgehead atoms. The van der Waals surface area contributed by atoms with Gasteiger partial charge in [0.1, 0.15) is 0 Å². The third kappa shape index (κ3) is 2.22. The molecule has 0 N–H and O–H groups in total. The van der Waals surface area contributed by atoms with Crippen LogP contribution >= 0.6 is 58.8 Å². The third-order valence-electron chi connectivity index (χ3n) is 1.92. The Morgan fingerprint density at radius 2 is 2.25 bits per heavy atom. The van der Waals surface area contributed by atoms with Gasteiger partial charge in [0.2, 0.25) is 0 Å². The van der Waals surface area contributed by atoms with Gasteiger partial charge >= 0.3 is 0 Å². The molecule has 5 heteroatoms. The highest BCUT2D eigenvalue weighted by molar-refractivity contribution is 8.47. The first-order valence-corrected chi connectivity index (χ1v) is 8.91. The van der Waals surface area contributed by atoms with Gasteiger partial charge in [0.05, 0.1) is 11.9 Å². The molecule has 0 amide bonds. The molecule has 2 rings (SSSR count). The summed E-state index contributed by atoms with van der Waals surface area (Å²) in [5, 5.41) is 0. The van der Waals surface area contributed by atoms with Gasteiger partial charge in [0.25, 0.3) is 0 Å². The molecule has 70 valence electrons. The van der Waals surface area contributed by atoms with Crippen molar-refractivity contribution < 1.29 is 0 Å². The van der Waals surface area contributed by atoms with Crippen molar-refractivity contribution in [2.45, 2.75) is 25.3 Å². The molecule has 2 fully saturated rings. The first-order chi connectivity index (χ1) is 5.72. The summed E-state index contributed by atoms with van der Waals surface area (Å²) in [6.45, 7) is 2.41. The Kier molecular flexibility index (Phi) is 3.50. The predicted octanol–water partition coefficient (Wildman–Crippen LogP) is 3.98. The van der Waals surface area contributed by atoms with Gasteiger partial charge < -0.3 is 0 Å². The number of fused-ring (bicyclic) bond motifs is 2. The fourth-order valence-electron chi connectivity index (χ4n) is 1.22. The second kappa shape index (κ2) is 4.09. The van der Waals surface area contributed by atoms with Gasteiger partial charge in [0, 0.05) is 0 Å². The summed E-state index contributed by atoms with van der Waals surface area (Å²) in [6, 6.07) is 0. The highest BCUT2D eigenvalue weighted by atomic mass is 32.3. The van der Waals surface area contributed by atoms with Crippen LogP contribution < -0.4 is 0 Å². The van der Waals surface area contributed by atoms with Gasteiger partial charge in [0.15, 0.2) is 0 Å². The molecule has 0 spiro atoms. The van der Waals surface area contributed by atoms with E-state index in [1.165, 1.54) is 12.2 Å². The highest BCUT2D eigenvalue weighted by Gasteiger charge is 2.41. The Morgan fingerprint density at radius 3 is 2.92 bits per heavy atom. The zero-order valence-electron chi connectivity index (χ0n) is 7.11. The normalized spacial score (nSPS) is 47.5. The van der Waals surface area contributed by atoms with Gasteiger partial charge in [-0.05, 0) is 25.4 Å². The zero-order valence-corrected chi connectivity index (χ0v) is 11.2. The Hall–Kier alpha value is 1.75. The van der Waals surface area contributed by atoms with Gasteiger partial charge in [-0.3, -0.25) is 0 Å². The van der Waals surface area contributed by atoms with E-state index in [0.29, 0.717) is 4.08 Å². The molecule has 0 radical (unpaired) electrons. The van der Waals surface area contributed by atoms with E-state index < -0.39 is 0 Å². The summed E-state index contributed by atoms with van der Waals surface area (Å²) in [7, 11) is 0. The molecular formula is C7H12S5. The van der Waals surface area contributed by atoms with E-state index in [1.807, 2.05) is 11.8 Å². The second-order valence-corrected chi connectivity index (χ2v) is 11.6. The Labute approximate surface area is 95.5 Å². The van der Waals surface area contributed by atoms with E-state index in [9.17, 15) is 0 Å². The average molecular weight is 257 g/mol. The molecule has 2 aliphatic rings. The van der Waals surface area contributed by atoms with E-state index in [1.54, 1.807) is 0 Å². The lowest BCUT2D eigenvalue weighted by atomic mass is 10.4. The van der Waals surface area contributed by atoms with Crippen LogP contribution in [-0.4, -0.2) is 23.9 Å². The minimum Gasteiger partial charge on any atom is -0.140 e. The summed E-state index contributed by atoms with van der Waals surface area (Å²) in [4.78, 5) is 0. The first kappa shape index (κ1) is 10.3. The molecule has 1 unspecified atom stereocenters. The molecule has 3 atom stereocenters. The molecule has 12 heavy (non-hydrogen) atoms. The van der Waals surface area contributed by atoms with Crippen LogP contribution in [0.1, 0.15) is 13.3 Å². The fraction of sp³-hybridized carbons (Fsp3) is 1.00. The van der Waals surface area contributed by atoms with Crippen molar-refractivity contribution >= 4 is 58.8 Å². The Bertz CT molecular complexity index is 173. The number of thioether (sulfide) groups is 5. The van der Waals surface area contributed by atoms with Gasteiger partial charge in [-0.2, -0.15) is 0 Å². The SMILES string of the molecule is CSC1S[C@H]2SCC[C@@](C)(S1)S2. The highest BCUT2D eigenvalue weighted by Crippen LogP contribution is 2.63. The minimum absolute atomic E-state index is 0.523. The molecule has 0 aliphatic carbocycles. The van der Waals surface area contributed by atoms with Crippen LogP contribution in [0.5, 0.6) is 0 Å². The van der Waals surface area contributed by atoms with Gasteiger partial charge in [-0.25, -0.2) is 0 Å². The molecule has 0 aromatic rings. The van der Waals surface area contributed by atoms with Gasteiger partial charge in [-0.1, -0.05) is 0 Å². The van der Waals surface area contributed by atoms with Crippen molar-refractivity contribution in [2.24, 2.45) is 0 Å². The van der Waals surface area contributed by atoms with E-state index in [-0.39, 0.29) is 0 Å². The second-order valence-electron chi connectivity index (χ2n) is 2.94. The van der Waals surface area contributed by atoms with Crippen LogP contribution in [0, 0.1) is 0 Å².